The molecule has 0 fully saturated rings. The van der Waals surface area contributed by atoms with Gasteiger partial charge < -0.3 is 4.74 Å². The van der Waals surface area contributed by atoms with E-state index in [1.807, 2.05) is 19.1 Å². The van der Waals surface area contributed by atoms with Gasteiger partial charge in [0.2, 0.25) is 0 Å². The number of carbonyl (C=O) groups excluding carboxylic acids is 1. The van der Waals surface area contributed by atoms with Crippen molar-refractivity contribution < 1.29 is 9.53 Å². The number of ether oxygens (including phenoxy) is 1. The molecule has 3 nitrogen and oxygen atoms in total. The largest absolute Gasteiger partial charge is 0.467 e. The molecule has 1 atom stereocenters. The minimum absolute atomic E-state index is 0.299. The summed E-state index contributed by atoms with van der Waals surface area (Å²) >= 11 is 0. The van der Waals surface area contributed by atoms with Crippen molar-refractivity contribution >= 4 is 5.97 Å². The van der Waals surface area contributed by atoms with E-state index in [4.69, 9.17) is 4.74 Å². The lowest BCUT2D eigenvalue weighted by Gasteiger charge is -2.28. The van der Waals surface area contributed by atoms with Gasteiger partial charge in [0.05, 0.1) is 7.11 Å². The van der Waals surface area contributed by atoms with Crippen molar-refractivity contribution in [3.63, 3.8) is 0 Å². The zero-order valence-electron chi connectivity index (χ0n) is 12.2. The van der Waals surface area contributed by atoms with Gasteiger partial charge in [0.15, 0.2) is 0 Å². The Morgan fingerprint density at radius 1 is 1.42 bits per heavy atom. The van der Waals surface area contributed by atoms with Crippen LogP contribution in [0.2, 0.25) is 0 Å². The molecule has 1 rings (SSSR count). The van der Waals surface area contributed by atoms with E-state index >= 15 is 0 Å². The third-order valence-corrected chi connectivity index (χ3v) is 3.35. The van der Waals surface area contributed by atoms with Crippen molar-refractivity contribution in [3.05, 3.63) is 48.0 Å². The third kappa shape index (κ3) is 3.44. The maximum absolute atomic E-state index is 12.0. The topological polar surface area (TPSA) is 38.3 Å². The normalized spacial score (nSPS) is 13.9. The standard InChI is InChI=1S/C16H23NO2/c1-6-11-17-16(4,15(18)19-5)14-9-7-13(8-10-14)12(2)3/h6-10,12,17H,1,11H2,2-5H3. The molecule has 3 heteroatoms. The number of esters is 1. The fraction of sp³-hybridized carbons (Fsp3) is 0.438. The highest BCUT2D eigenvalue weighted by molar-refractivity contribution is 5.82. The van der Waals surface area contributed by atoms with Gasteiger partial charge in [-0.3, -0.25) is 5.32 Å². The molecule has 1 aromatic rings. The SMILES string of the molecule is C=CCNC(C)(C(=O)OC)c1ccc(C(C)C)cc1. The van der Waals surface area contributed by atoms with Crippen LogP contribution < -0.4 is 5.32 Å². The first-order valence-electron chi connectivity index (χ1n) is 6.50. The summed E-state index contributed by atoms with van der Waals surface area (Å²) in [6.07, 6.45) is 1.73. The predicted molar refractivity (Wildman–Crippen MR) is 78.1 cm³/mol. The molecule has 0 saturated carbocycles. The molecule has 0 heterocycles. The van der Waals surface area contributed by atoms with Gasteiger partial charge in [-0.05, 0) is 24.0 Å². The lowest BCUT2D eigenvalue weighted by molar-refractivity contribution is -0.148. The van der Waals surface area contributed by atoms with E-state index in [0.717, 1.165) is 5.56 Å². The van der Waals surface area contributed by atoms with E-state index in [-0.39, 0.29) is 5.97 Å². The molecular weight excluding hydrogens is 238 g/mol. The smallest absolute Gasteiger partial charge is 0.330 e. The zero-order valence-corrected chi connectivity index (χ0v) is 12.2. The van der Waals surface area contributed by atoms with Crippen molar-refractivity contribution in [3.8, 4) is 0 Å². The lowest BCUT2D eigenvalue weighted by atomic mass is 9.90. The van der Waals surface area contributed by atoms with Crippen LogP contribution in [0.5, 0.6) is 0 Å². The fourth-order valence-electron chi connectivity index (χ4n) is 1.97. The van der Waals surface area contributed by atoms with Crippen molar-refractivity contribution in [2.75, 3.05) is 13.7 Å². The van der Waals surface area contributed by atoms with Crippen LogP contribution >= 0.6 is 0 Å². The van der Waals surface area contributed by atoms with E-state index in [1.54, 1.807) is 6.08 Å². The van der Waals surface area contributed by atoms with Crippen LogP contribution in [-0.4, -0.2) is 19.6 Å². The van der Waals surface area contributed by atoms with Crippen molar-refractivity contribution in [1.82, 2.24) is 5.32 Å². The summed E-state index contributed by atoms with van der Waals surface area (Å²) in [5.41, 5.74) is 1.30. The Bertz CT molecular complexity index is 437. The summed E-state index contributed by atoms with van der Waals surface area (Å²) < 4.78 is 4.91. The summed E-state index contributed by atoms with van der Waals surface area (Å²) in [6.45, 7) is 10.3. The molecule has 1 unspecified atom stereocenters. The van der Waals surface area contributed by atoms with Crippen LogP contribution in [0.25, 0.3) is 0 Å². The lowest BCUT2D eigenvalue weighted by Crippen LogP contribution is -2.47. The molecule has 0 aromatic heterocycles. The van der Waals surface area contributed by atoms with Crippen molar-refractivity contribution in [2.45, 2.75) is 32.2 Å². The van der Waals surface area contributed by atoms with Crippen LogP contribution in [0.4, 0.5) is 0 Å². The summed E-state index contributed by atoms with van der Waals surface area (Å²) in [5, 5.41) is 3.17. The van der Waals surface area contributed by atoms with Crippen LogP contribution in [-0.2, 0) is 15.1 Å². The third-order valence-electron chi connectivity index (χ3n) is 3.35. The maximum Gasteiger partial charge on any atom is 0.330 e. The first-order valence-corrected chi connectivity index (χ1v) is 6.50. The van der Waals surface area contributed by atoms with Gasteiger partial charge in [-0.25, -0.2) is 4.79 Å². The molecule has 1 N–H and O–H groups in total. The van der Waals surface area contributed by atoms with E-state index in [0.29, 0.717) is 12.5 Å². The van der Waals surface area contributed by atoms with Gasteiger partial charge in [-0.2, -0.15) is 0 Å². The Balaban J connectivity index is 3.10. The van der Waals surface area contributed by atoms with Crippen LogP contribution in [0, 0.1) is 0 Å². The quantitative estimate of drug-likeness (QED) is 0.632. The summed E-state index contributed by atoms with van der Waals surface area (Å²) in [4.78, 5) is 12.0. The van der Waals surface area contributed by atoms with Crippen molar-refractivity contribution in [1.29, 1.82) is 0 Å². The van der Waals surface area contributed by atoms with Crippen LogP contribution in [0.3, 0.4) is 0 Å². The van der Waals surface area contributed by atoms with Gasteiger partial charge in [-0.15, -0.1) is 6.58 Å². The summed E-state index contributed by atoms with van der Waals surface area (Å²) in [5.74, 6) is 0.172. The Morgan fingerprint density at radius 3 is 2.42 bits per heavy atom. The molecule has 0 radical (unpaired) electrons. The molecule has 0 aliphatic carbocycles. The Labute approximate surface area is 115 Å². The molecule has 0 spiro atoms. The number of carbonyl (C=O) groups is 1. The van der Waals surface area contributed by atoms with Gasteiger partial charge >= 0.3 is 5.97 Å². The van der Waals surface area contributed by atoms with Crippen molar-refractivity contribution in [2.24, 2.45) is 0 Å². The molecule has 19 heavy (non-hydrogen) atoms. The zero-order chi connectivity index (χ0) is 14.5. The van der Waals surface area contributed by atoms with E-state index in [9.17, 15) is 4.79 Å². The number of nitrogens with one attached hydrogen (secondary N) is 1. The Kier molecular flexibility index (Phi) is 5.31. The van der Waals surface area contributed by atoms with E-state index < -0.39 is 5.54 Å². The number of hydrogen-bond donors (Lipinski definition) is 1. The molecule has 0 saturated heterocycles. The highest BCUT2D eigenvalue weighted by Gasteiger charge is 2.35. The van der Waals surface area contributed by atoms with Gasteiger partial charge in [0, 0.05) is 6.54 Å². The number of rotatable bonds is 6. The average Bonchev–Trinajstić information content (AvgIpc) is 2.43. The number of methoxy groups -OCH3 is 1. The fourth-order valence-corrected chi connectivity index (χ4v) is 1.97. The maximum atomic E-state index is 12.0. The monoisotopic (exact) mass is 261 g/mol. The van der Waals surface area contributed by atoms with Crippen LogP contribution in [0.15, 0.2) is 36.9 Å². The molecule has 0 amide bonds. The first kappa shape index (κ1) is 15.4. The van der Waals surface area contributed by atoms with Gasteiger partial charge in [-0.1, -0.05) is 44.2 Å². The highest BCUT2D eigenvalue weighted by atomic mass is 16.5. The minimum atomic E-state index is -0.849. The molecule has 1 aromatic carbocycles. The average molecular weight is 261 g/mol. The van der Waals surface area contributed by atoms with Crippen LogP contribution in [0.1, 0.15) is 37.8 Å². The minimum Gasteiger partial charge on any atom is -0.467 e. The Hall–Kier alpha value is -1.61. The molecule has 104 valence electrons. The molecule has 0 aliphatic heterocycles. The van der Waals surface area contributed by atoms with E-state index in [1.165, 1.54) is 12.7 Å². The summed E-state index contributed by atoms with van der Waals surface area (Å²) in [6, 6.07) is 8.05. The molecule has 0 bridgehead atoms. The first-order chi connectivity index (χ1) is 8.95. The van der Waals surface area contributed by atoms with Gasteiger partial charge in [0.1, 0.15) is 5.54 Å². The number of hydrogen-bond acceptors (Lipinski definition) is 3. The van der Waals surface area contributed by atoms with Gasteiger partial charge in [0.25, 0.3) is 0 Å². The molecular formula is C16H23NO2. The highest BCUT2D eigenvalue weighted by Crippen LogP contribution is 2.24. The second-order valence-corrected chi connectivity index (χ2v) is 5.06. The Morgan fingerprint density at radius 2 is 2.00 bits per heavy atom. The number of benzene rings is 1. The van der Waals surface area contributed by atoms with E-state index in [2.05, 4.69) is 37.9 Å². The summed E-state index contributed by atoms with van der Waals surface area (Å²) in [7, 11) is 1.40. The predicted octanol–water partition coefficient (Wildman–Crippen LogP) is 2.97. The second kappa shape index (κ2) is 6.53. The molecule has 0 aliphatic rings. The second-order valence-electron chi connectivity index (χ2n) is 5.06.